The van der Waals surface area contributed by atoms with Crippen molar-refractivity contribution in [2.45, 2.75) is 19.4 Å². The molecule has 0 aromatic heterocycles. The van der Waals surface area contributed by atoms with Crippen LogP contribution in [0.2, 0.25) is 0 Å². The number of unbranched alkanes of at least 4 members (excludes halogenated alkanes) is 1. The van der Waals surface area contributed by atoms with Crippen LogP contribution in [0.25, 0.3) is 0 Å². The predicted octanol–water partition coefficient (Wildman–Crippen LogP) is 2.94. The van der Waals surface area contributed by atoms with Crippen LogP contribution in [0.3, 0.4) is 0 Å². The Morgan fingerprint density at radius 1 is 1.45 bits per heavy atom. The molecule has 0 radical (unpaired) electrons. The summed E-state index contributed by atoms with van der Waals surface area (Å²) in [5.74, 6) is -0.223. The Hall–Kier alpha value is -1.91. The van der Waals surface area contributed by atoms with Crippen LogP contribution in [0.4, 0.5) is 8.78 Å². The highest BCUT2D eigenvalue weighted by atomic mass is 19.1. The number of benzene rings is 1. The third-order valence-corrected chi connectivity index (χ3v) is 2.92. The van der Waals surface area contributed by atoms with Gasteiger partial charge in [0.25, 0.3) is 0 Å². The van der Waals surface area contributed by atoms with Gasteiger partial charge in [-0.15, -0.1) is 6.58 Å². The molecule has 0 saturated carbocycles. The number of hydrogen-bond donors (Lipinski definition) is 1. The quantitative estimate of drug-likeness (QED) is 0.376. The minimum atomic E-state index is -0.447. The van der Waals surface area contributed by atoms with Crippen molar-refractivity contribution in [1.29, 1.82) is 0 Å². The maximum absolute atomic E-state index is 13.5. The van der Waals surface area contributed by atoms with Crippen LogP contribution in [0.15, 0.2) is 35.8 Å². The van der Waals surface area contributed by atoms with Gasteiger partial charge in [-0.3, -0.25) is 4.99 Å². The molecule has 5 heteroatoms. The lowest BCUT2D eigenvalue weighted by molar-refractivity contribution is 0.468. The van der Waals surface area contributed by atoms with E-state index >= 15 is 0 Å². The van der Waals surface area contributed by atoms with Gasteiger partial charge in [-0.05, 0) is 31.0 Å². The summed E-state index contributed by atoms with van der Waals surface area (Å²) in [6, 6.07) is 3.42. The second-order valence-corrected chi connectivity index (χ2v) is 4.49. The number of nitrogens with one attached hydrogen (secondary N) is 1. The first-order chi connectivity index (χ1) is 9.58. The van der Waals surface area contributed by atoms with E-state index in [1.165, 1.54) is 6.07 Å². The normalized spacial score (nSPS) is 11.3. The summed E-state index contributed by atoms with van der Waals surface area (Å²) in [7, 11) is 3.56. The third-order valence-electron chi connectivity index (χ3n) is 2.92. The second-order valence-electron chi connectivity index (χ2n) is 4.49. The number of rotatable bonds is 6. The topological polar surface area (TPSA) is 27.6 Å². The lowest BCUT2D eigenvalue weighted by Crippen LogP contribution is -2.39. The molecule has 0 bridgehead atoms. The Bertz CT molecular complexity index is 472. The van der Waals surface area contributed by atoms with Crippen molar-refractivity contribution in [2.75, 3.05) is 20.6 Å². The van der Waals surface area contributed by atoms with Crippen molar-refractivity contribution in [3.63, 3.8) is 0 Å². The van der Waals surface area contributed by atoms with E-state index in [4.69, 9.17) is 0 Å². The zero-order chi connectivity index (χ0) is 15.0. The van der Waals surface area contributed by atoms with Gasteiger partial charge >= 0.3 is 0 Å². The summed E-state index contributed by atoms with van der Waals surface area (Å²) in [6.45, 7) is 4.69. The number of halogens is 2. The summed E-state index contributed by atoms with van der Waals surface area (Å²) in [4.78, 5) is 6.07. The molecule has 0 aliphatic rings. The molecule has 0 fully saturated rings. The number of allylic oxidation sites excluding steroid dienone is 1. The highest BCUT2D eigenvalue weighted by Gasteiger charge is 2.08. The molecule has 0 saturated heterocycles. The summed E-state index contributed by atoms with van der Waals surface area (Å²) < 4.78 is 26.6. The summed E-state index contributed by atoms with van der Waals surface area (Å²) in [5.41, 5.74) is 0.283. The fourth-order valence-electron chi connectivity index (χ4n) is 1.82. The van der Waals surface area contributed by atoms with Gasteiger partial charge in [0.1, 0.15) is 11.6 Å². The molecule has 110 valence electrons. The fourth-order valence-corrected chi connectivity index (χ4v) is 1.82. The van der Waals surface area contributed by atoms with Gasteiger partial charge in [0, 0.05) is 32.7 Å². The highest BCUT2D eigenvalue weighted by Crippen LogP contribution is 2.09. The van der Waals surface area contributed by atoms with E-state index in [1.54, 1.807) is 7.05 Å². The molecule has 1 aromatic rings. The van der Waals surface area contributed by atoms with Crippen molar-refractivity contribution in [3.05, 3.63) is 48.1 Å². The van der Waals surface area contributed by atoms with Gasteiger partial charge in [0.2, 0.25) is 0 Å². The van der Waals surface area contributed by atoms with Crippen LogP contribution in [0.1, 0.15) is 18.4 Å². The number of nitrogens with zero attached hydrogens (tertiary/aromatic N) is 2. The lowest BCUT2D eigenvalue weighted by Gasteiger charge is -2.22. The van der Waals surface area contributed by atoms with Gasteiger partial charge in [0.05, 0.1) is 0 Å². The van der Waals surface area contributed by atoms with E-state index in [2.05, 4.69) is 16.9 Å². The predicted molar refractivity (Wildman–Crippen MR) is 78.6 cm³/mol. The Balaban J connectivity index is 2.56. The Kier molecular flexibility index (Phi) is 6.70. The molecule has 3 nitrogen and oxygen atoms in total. The average molecular weight is 281 g/mol. The van der Waals surface area contributed by atoms with Crippen molar-refractivity contribution in [2.24, 2.45) is 4.99 Å². The molecule has 0 amide bonds. The van der Waals surface area contributed by atoms with Crippen LogP contribution in [-0.2, 0) is 6.54 Å². The summed E-state index contributed by atoms with van der Waals surface area (Å²) in [5, 5.41) is 3.02. The zero-order valence-electron chi connectivity index (χ0n) is 12.0. The van der Waals surface area contributed by atoms with Crippen LogP contribution in [0.5, 0.6) is 0 Å². The van der Waals surface area contributed by atoms with E-state index < -0.39 is 11.6 Å². The number of hydrogen-bond acceptors (Lipinski definition) is 1. The standard InChI is InChI=1S/C15H21F2N3/c1-4-5-6-9-20(3)15(18-2)19-11-12-10-13(16)7-8-14(12)17/h4,7-8,10H,1,5-6,9,11H2,2-3H3,(H,18,19). The van der Waals surface area contributed by atoms with E-state index in [0.29, 0.717) is 5.96 Å². The molecule has 0 unspecified atom stereocenters. The number of aliphatic imine (C=N–C) groups is 1. The zero-order valence-corrected chi connectivity index (χ0v) is 12.0. The molecule has 0 aliphatic carbocycles. The maximum Gasteiger partial charge on any atom is 0.193 e. The van der Waals surface area contributed by atoms with Gasteiger partial charge < -0.3 is 10.2 Å². The highest BCUT2D eigenvalue weighted by molar-refractivity contribution is 5.79. The molecular formula is C15H21F2N3. The minimum Gasteiger partial charge on any atom is -0.352 e. The maximum atomic E-state index is 13.5. The van der Waals surface area contributed by atoms with Crippen molar-refractivity contribution in [3.8, 4) is 0 Å². The number of guanidine groups is 1. The molecule has 0 atom stereocenters. The largest absolute Gasteiger partial charge is 0.352 e. The van der Waals surface area contributed by atoms with Crippen molar-refractivity contribution in [1.82, 2.24) is 10.2 Å². The van der Waals surface area contributed by atoms with Crippen molar-refractivity contribution >= 4 is 5.96 Å². The van der Waals surface area contributed by atoms with E-state index in [1.807, 2.05) is 18.0 Å². The molecule has 0 heterocycles. The van der Waals surface area contributed by atoms with Gasteiger partial charge in [-0.2, -0.15) is 0 Å². The fraction of sp³-hybridized carbons (Fsp3) is 0.400. The SMILES string of the molecule is C=CCCCN(C)C(=NC)NCc1cc(F)ccc1F. The monoisotopic (exact) mass is 281 g/mol. The average Bonchev–Trinajstić information content (AvgIpc) is 2.43. The third kappa shape index (κ3) is 4.99. The Morgan fingerprint density at radius 3 is 2.85 bits per heavy atom. The lowest BCUT2D eigenvalue weighted by atomic mass is 10.2. The van der Waals surface area contributed by atoms with E-state index in [9.17, 15) is 8.78 Å². The molecule has 1 N–H and O–H groups in total. The first kappa shape index (κ1) is 16.1. The summed E-state index contributed by atoms with van der Waals surface area (Å²) in [6.07, 6.45) is 3.76. The first-order valence-electron chi connectivity index (χ1n) is 6.55. The van der Waals surface area contributed by atoms with Crippen LogP contribution < -0.4 is 5.32 Å². The van der Waals surface area contributed by atoms with Crippen LogP contribution >= 0.6 is 0 Å². The minimum absolute atomic E-state index is 0.196. The molecule has 1 aromatic carbocycles. The van der Waals surface area contributed by atoms with E-state index in [0.717, 1.165) is 31.5 Å². The first-order valence-corrected chi connectivity index (χ1v) is 6.55. The van der Waals surface area contributed by atoms with Gasteiger partial charge in [-0.25, -0.2) is 8.78 Å². The molecular weight excluding hydrogens is 260 g/mol. The van der Waals surface area contributed by atoms with Crippen molar-refractivity contribution < 1.29 is 8.78 Å². The molecule has 0 spiro atoms. The van der Waals surface area contributed by atoms with Gasteiger partial charge in [0.15, 0.2) is 5.96 Å². The Labute approximate surface area is 119 Å². The van der Waals surface area contributed by atoms with Crippen LogP contribution in [0, 0.1) is 11.6 Å². The smallest absolute Gasteiger partial charge is 0.193 e. The van der Waals surface area contributed by atoms with Crippen LogP contribution in [-0.4, -0.2) is 31.5 Å². The summed E-state index contributed by atoms with van der Waals surface area (Å²) >= 11 is 0. The molecule has 1 rings (SSSR count). The molecule has 0 aliphatic heterocycles. The second kappa shape index (κ2) is 8.30. The van der Waals surface area contributed by atoms with E-state index in [-0.39, 0.29) is 12.1 Å². The Morgan fingerprint density at radius 2 is 2.20 bits per heavy atom. The molecule has 20 heavy (non-hydrogen) atoms. The van der Waals surface area contributed by atoms with Gasteiger partial charge in [-0.1, -0.05) is 6.08 Å².